The topological polar surface area (TPSA) is 35.2 Å². The minimum atomic E-state index is 0.000244. The molecule has 1 aromatic rings. The highest BCUT2D eigenvalue weighted by atomic mass is 79.9. The monoisotopic (exact) mass is 295 g/mol. The van der Waals surface area contributed by atoms with E-state index in [9.17, 15) is 0 Å². The molecule has 2 unspecified atom stereocenters. The van der Waals surface area contributed by atoms with Crippen LogP contribution >= 0.6 is 15.9 Å². The number of fused-ring (bicyclic) bond motifs is 1. The molecular weight excluding hydrogens is 278 g/mol. The fourth-order valence-corrected chi connectivity index (χ4v) is 3.70. The number of rotatable bonds is 0. The predicted octanol–water partition coefficient (Wildman–Crippen LogP) is 3.79. The smallest absolute Gasteiger partial charge is 0.125 e. The highest BCUT2D eigenvalue weighted by Crippen LogP contribution is 2.49. The Balaban J connectivity index is 2.01. The summed E-state index contributed by atoms with van der Waals surface area (Å²) in [4.78, 5) is 0. The highest BCUT2D eigenvalue weighted by molar-refractivity contribution is 9.10. The van der Waals surface area contributed by atoms with Crippen LogP contribution in [0.1, 0.15) is 44.2 Å². The zero-order chi connectivity index (χ0) is 12.0. The van der Waals surface area contributed by atoms with Gasteiger partial charge in [0.1, 0.15) is 11.4 Å². The van der Waals surface area contributed by atoms with Gasteiger partial charge >= 0.3 is 0 Å². The number of halogens is 1. The lowest BCUT2D eigenvalue weighted by atomic mass is 9.81. The quantitative estimate of drug-likeness (QED) is 0.790. The van der Waals surface area contributed by atoms with Crippen molar-refractivity contribution in [3.8, 4) is 5.75 Å². The zero-order valence-electron chi connectivity index (χ0n) is 10.1. The van der Waals surface area contributed by atoms with Gasteiger partial charge in [0.05, 0.1) is 0 Å². The summed E-state index contributed by atoms with van der Waals surface area (Å²) >= 11 is 3.49. The molecule has 1 heterocycles. The Morgan fingerprint density at radius 3 is 3.00 bits per heavy atom. The molecule has 0 radical (unpaired) electrons. The molecule has 1 saturated carbocycles. The molecule has 0 aromatic heterocycles. The van der Waals surface area contributed by atoms with Crippen LogP contribution in [0.2, 0.25) is 0 Å². The van der Waals surface area contributed by atoms with Crippen LogP contribution in [-0.4, -0.2) is 5.60 Å². The maximum atomic E-state index is 6.33. The summed E-state index contributed by atoms with van der Waals surface area (Å²) in [6.07, 6.45) is 4.63. The number of benzene rings is 1. The van der Waals surface area contributed by atoms with Crippen molar-refractivity contribution in [1.29, 1.82) is 0 Å². The fourth-order valence-electron chi connectivity index (χ4n) is 3.32. The Hall–Kier alpha value is -0.540. The number of hydrogen-bond acceptors (Lipinski definition) is 2. The first-order chi connectivity index (χ1) is 8.11. The first-order valence-corrected chi connectivity index (χ1v) is 7.14. The van der Waals surface area contributed by atoms with Crippen molar-refractivity contribution in [2.75, 3.05) is 0 Å². The van der Waals surface area contributed by atoms with E-state index in [1.807, 2.05) is 12.1 Å². The van der Waals surface area contributed by atoms with E-state index in [-0.39, 0.29) is 11.6 Å². The lowest BCUT2D eigenvalue weighted by Crippen LogP contribution is -2.44. The van der Waals surface area contributed by atoms with Gasteiger partial charge in [-0.05, 0) is 43.4 Å². The molecule has 0 bridgehead atoms. The van der Waals surface area contributed by atoms with E-state index in [0.29, 0.717) is 5.92 Å². The minimum Gasteiger partial charge on any atom is -0.487 e. The van der Waals surface area contributed by atoms with Crippen molar-refractivity contribution >= 4 is 15.9 Å². The van der Waals surface area contributed by atoms with Gasteiger partial charge in [0.2, 0.25) is 0 Å². The van der Waals surface area contributed by atoms with Gasteiger partial charge in [-0.3, -0.25) is 0 Å². The van der Waals surface area contributed by atoms with Crippen LogP contribution in [0.5, 0.6) is 5.75 Å². The van der Waals surface area contributed by atoms with Gasteiger partial charge in [0.15, 0.2) is 0 Å². The van der Waals surface area contributed by atoms with Crippen LogP contribution < -0.4 is 10.5 Å². The van der Waals surface area contributed by atoms with Gasteiger partial charge in [-0.25, -0.2) is 0 Å². The predicted molar refractivity (Wildman–Crippen MR) is 72.1 cm³/mol. The Morgan fingerprint density at radius 1 is 1.47 bits per heavy atom. The molecule has 2 nitrogen and oxygen atoms in total. The van der Waals surface area contributed by atoms with E-state index in [1.54, 1.807) is 0 Å². The molecule has 3 rings (SSSR count). The van der Waals surface area contributed by atoms with Gasteiger partial charge < -0.3 is 10.5 Å². The van der Waals surface area contributed by atoms with Crippen LogP contribution in [0.25, 0.3) is 0 Å². The van der Waals surface area contributed by atoms with Crippen LogP contribution in [0.15, 0.2) is 22.7 Å². The summed E-state index contributed by atoms with van der Waals surface area (Å²) in [6.45, 7) is 2.30. The van der Waals surface area contributed by atoms with Gasteiger partial charge in [-0.15, -0.1) is 0 Å². The third-order valence-corrected chi connectivity index (χ3v) is 4.88. The summed E-state index contributed by atoms with van der Waals surface area (Å²) < 4.78 is 7.39. The Kier molecular flexibility index (Phi) is 2.71. The van der Waals surface area contributed by atoms with Crippen LogP contribution in [-0.2, 0) is 0 Å². The molecule has 0 amide bonds. The SMILES string of the molecule is CC1CCCC12C[C@@H](N)c1cc(Br)ccc1O2. The molecule has 3 heteroatoms. The summed E-state index contributed by atoms with van der Waals surface area (Å²) in [7, 11) is 0. The standard InChI is InChI=1S/C14H18BrNO/c1-9-3-2-6-14(9)8-12(16)11-7-10(15)4-5-13(11)17-14/h4-5,7,9,12H,2-3,6,8,16H2,1H3/t9?,12-,14?/m1/s1. The summed E-state index contributed by atoms with van der Waals surface area (Å²) in [6, 6.07) is 6.28. The normalized spacial score (nSPS) is 35.7. The van der Waals surface area contributed by atoms with E-state index in [4.69, 9.17) is 10.5 Å². The molecule has 2 aliphatic rings. The summed E-state index contributed by atoms with van der Waals surface area (Å²) in [5, 5.41) is 0. The van der Waals surface area contributed by atoms with Gasteiger partial charge in [-0.1, -0.05) is 22.9 Å². The molecule has 1 aliphatic heterocycles. The van der Waals surface area contributed by atoms with Gasteiger partial charge in [0, 0.05) is 22.5 Å². The Bertz CT molecular complexity index is 448. The fraction of sp³-hybridized carbons (Fsp3) is 0.571. The van der Waals surface area contributed by atoms with Crippen LogP contribution in [0, 0.1) is 5.92 Å². The van der Waals surface area contributed by atoms with Crippen molar-refractivity contribution in [2.45, 2.75) is 44.2 Å². The molecule has 3 atom stereocenters. The average molecular weight is 296 g/mol. The van der Waals surface area contributed by atoms with Crippen molar-refractivity contribution in [2.24, 2.45) is 11.7 Å². The van der Waals surface area contributed by atoms with Crippen LogP contribution in [0.3, 0.4) is 0 Å². The van der Waals surface area contributed by atoms with E-state index < -0.39 is 0 Å². The summed E-state index contributed by atoms with van der Waals surface area (Å²) in [5.41, 5.74) is 7.47. The van der Waals surface area contributed by atoms with Crippen molar-refractivity contribution < 1.29 is 4.74 Å². The van der Waals surface area contributed by atoms with Crippen LogP contribution in [0.4, 0.5) is 0 Å². The van der Waals surface area contributed by atoms with Gasteiger partial charge in [0.25, 0.3) is 0 Å². The maximum absolute atomic E-state index is 6.33. The number of ether oxygens (including phenoxy) is 1. The largest absolute Gasteiger partial charge is 0.487 e. The Labute approximate surface area is 111 Å². The minimum absolute atomic E-state index is 0.000244. The molecule has 2 N–H and O–H groups in total. The third-order valence-electron chi connectivity index (χ3n) is 4.39. The van der Waals surface area contributed by atoms with Crippen molar-refractivity contribution in [3.05, 3.63) is 28.2 Å². The second kappa shape index (κ2) is 3.99. The first kappa shape index (κ1) is 11.5. The molecular formula is C14H18BrNO. The lowest BCUT2D eigenvalue weighted by Gasteiger charge is -2.41. The first-order valence-electron chi connectivity index (χ1n) is 6.35. The van der Waals surface area contributed by atoms with E-state index in [1.165, 1.54) is 12.8 Å². The summed E-state index contributed by atoms with van der Waals surface area (Å²) in [5.74, 6) is 1.60. The molecule has 0 saturated heterocycles. The average Bonchev–Trinajstić information content (AvgIpc) is 2.62. The molecule has 1 spiro atoms. The highest BCUT2D eigenvalue weighted by Gasteiger charge is 2.46. The van der Waals surface area contributed by atoms with Crippen molar-refractivity contribution in [1.82, 2.24) is 0 Å². The molecule has 92 valence electrons. The second-order valence-corrected chi connectivity index (χ2v) is 6.37. The van der Waals surface area contributed by atoms with Gasteiger partial charge in [-0.2, -0.15) is 0 Å². The lowest BCUT2D eigenvalue weighted by molar-refractivity contribution is 0.00665. The molecule has 1 aromatic carbocycles. The number of hydrogen-bond donors (Lipinski definition) is 1. The maximum Gasteiger partial charge on any atom is 0.125 e. The third kappa shape index (κ3) is 1.80. The molecule has 1 aliphatic carbocycles. The second-order valence-electron chi connectivity index (χ2n) is 5.45. The number of nitrogens with two attached hydrogens (primary N) is 1. The molecule has 17 heavy (non-hydrogen) atoms. The Morgan fingerprint density at radius 2 is 2.29 bits per heavy atom. The van der Waals surface area contributed by atoms with E-state index in [2.05, 4.69) is 28.9 Å². The van der Waals surface area contributed by atoms with E-state index >= 15 is 0 Å². The van der Waals surface area contributed by atoms with E-state index in [0.717, 1.165) is 28.6 Å². The van der Waals surface area contributed by atoms with Crippen molar-refractivity contribution in [3.63, 3.8) is 0 Å². The molecule has 1 fully saturated rings. The zero-order valence-corrected chi connectivity index (χ0v) is 11.7.